The van der Waals surface area contributed by atoms with Crippen molar-refractivity contribution in [2.75, 3.05) is 26.7 Å². The highest BCUT2D eigenvalue weighted by molar-refractivity contribution is 5.92. The maximum atomic E-state index is 12.4. The van der Waals surface area contributed by atoms with E-state index < -0.39 is 12.1 Å². The lowest BCUT2D eigenvalue weighted by molar-refractivity contribution is -0.138. The number of likely N-dealkylation sites (N-methyl/N-ethyl adjacent to an activating group) is 1. The van der Waals surface area contributed by atoms with Crippen molar-refractivity contribution >= 4 is 11.9 Å². The van der Waals surface area contributed by atoms with Crippen LogP contribution < -0.4 is 0 Å². The fourth-order valence-corrected chi connectivity index (χ4v) is 2.73. The first-order valence-electron chi connectivity index (χ1n) is 7.36. The lowest BCUT2D eigenvalue weighted by Crippen LogP contribution is -2.43. The molecule has 22 heavy (non-hydrogen) atoms. The average Bonchev–Trinajstić information content (AvgIpc) is 3.04. The number of H-pyrrole nitrogens is 1. The van der Waals surface area contributed by atoms with Gasteiger partial charge in [-0.3, -0.25) is 19.6 Å². The number of rotatable bonds is 6. The normalized spacial score (nSPS) is 21.5. The van der Waals surface area contributed by atoms with E-state index in [-0.39, 0.29) is 25.0 Å². The van der Waals surface area contributed by atoms with Gasteiger partial charge in [0.25, 0.3) is 5.91 Å². The van der Waals surface area contributed by atoms with Crippen LogP contribution in [0.2, 0.25) is 0 Å². The van der Waals surface area contributed by atoms with Gasteiger partial charge in [-0.25, -0.2) is 0 Å². The average molecular weight is 310 g/mol. The molecule has 122 valence electrons. The number of aliphatic hydroxyl groups excluding tert-OH is 1. The Kier molecular flexibility index (Phi) is 5.15. The number of aromatic amines is 1. The van der Waals surface area contributed by atoms with Crippen molar-refractivity contribution in [1.82, 2.24) is 20.0 Å². The summed E-state index contributed by atoms with van der Waals surface area (Å²) >= 11 is 0. The molecule has 8 heteroatoms. The van der Waals surface area contributed by atoms with Crippen molar-refractivity contribution in [2.45, 2.75) is 31.9 Å². The Morgan fingerprint density at radius 2 is 2.23 bits per heavy atom. The van der Waals surface area contributed by atoms with Gasteiger partial charge in [0.1, 0.15) is 5.69 Å². The van der Waals surface area contributed by atoms with Crippen LogP contribution in [0.15, 0.2) is 6.07 Å². The molecule has 0 radical (unpaired) electrons. The summed E-state index contributed by atoms with van der Waals surface area (Å²) in [4.78, 5) is 26.2. The summed E-state index contributed by atoms with van der Waals surface area (Å²) in [7, 11) is 1.63. The van der Waals surface area contributed by atoms with Gasteiger partial charge in [0.15, 0.2) is 0 Å². The lowest BCUT2D eigenvalue weighted by Gasteiger charge is -2.24. The number of nitrogens with one attached hydrogen (secondary N) is 1. The van der Waals surface area contributed by atoms with E-state index in [1.54, 1.807) is 18.0 Å². The van der Waals surface area contributed by atoms with Gasteiger partial charge in [0.2, 0.25) is 0 Å². The van der Waals surface area contributed by atoms with Crippen LogP contribution in [0, 0.1) is 0 Å². The second-order valence-corrected chi connectivity index (χ2v) is 5.68. The molecule has 1 saturated heterocycles. The topological polar surface area (TPSA) is 110 Å². The minimum absolute atomic E-state index is 0.174. The standard InChI is InChI=1S/C14H22N4O4/c1-3-4-9-5-10(16-15-9)14(22)18-6-11(12(19)7-18)17(2)8-13(20)21/h5,11-12,19H,3-4,6-8H2,1-2H3,(H,15,16)(H,20,21)/t11-,12+/m0/s1. The molecule has 2 atom stereocenters. The van der Waals surface area contributed by atoms with Crippen LogP contribution in [0.25, 0.3) is 0 Å². The van der Waals surface area contributed by atoms with Gasteiger partial charge < -0.3 is 15.1 Å². The Hall–Kier alpha value is -1.93. The third-order valence-corrected chi connectivity index (χ3v) is 3.87. The summed E-state index contributed by atoms with van der Waals surface area (Å²) < 4.78 is 0. The number of nitrogens with zero attached hydrogens (tertiary/aromatic N) is 3. The van der Waals surface area contributed by atoms with Gasteiger partial charge in [-0.2, -0.15) is 5.10 Å². The van der Waals surface area contributed by atoms with E-state index in [0.29, 0.717) is 12.2 Å². The number of carboxylic acids is 1. The number of carbonyl (C=O) groups is 2. The minimum atomic E-state index is -0.962. The number of hydrogen-bond donors (Lipinski definition) is 3. The highest BCUT2D eigenvalue weighted by Gasteiger charge is 2.37. The zero-order chi connectivity index (χ0) is 16.3. The Morgan fingerprint density at radius 3 is 2.86 bits per heavy atom. The van der Waals surface area contributed by atoms with Crippen molar-refractivity contribution in [1.29, 1.82) is 0 Å². The van der Waals surface area contributed by atoms with Crippen molar-refractivity contribution in [3.8, 4) is 0 Å². The number of aryl methyl sites for hydroxylation is 1. The summed E-state index contributed by atoms with van der Waals surface area (Å²) in [5.74, 6) is -1.21. The van der Waals surface area contributed by atoms with E-state index in [2.05, 4.69) is 10.2 Å². The maximum absolute atomic E-state index is 12.4. The van der Waals surface area contributed by atoms with E-state index in [1.165, 1.54) is 4.90 Å². The Bertz CT molecular complexity index is 545. The minimum Gasteiger partial charge on any atom is -0.480 e. The van der Waals surface area contributed by atoms with E-state index in [1.807, 2.05) is 6.92 Å². The molecule has 1 aliphatic heterocycles. The molecule has 1 aliphatic rings. The second kappa shape index (κ2) is 6.89. The van der Waals surface area contributed by atoms with Crippen LogP contribution in [0.3, 0.4) is 0 Å². The number of hydrogen-bond acceptors (Lipinski definition) is 5. The van der Waals surface area contributed by atoms with Crippen LogP contribution in [-0.4, -0.2) is 80.9 Å². The molecule has 3 N–H and O–H groups in total. The molecule has 0 unspecified atom stereocenters. The predicted octanol–water partition coefficient (Wildman–Crippen LogP) is -0.436. The van der Waals surface area contributed by atoms with Crippen LogP contribution in [0.1, 0.15) is 29.5 Å². The van der Waals surface area contributed by atoms with Crippen LogP contribution in [-0.2, 0) is 11.2 Å². The van der Waals surface area contributed by atoms with E-state index in [4.69, 9.17) is 5.11 Å². The smallest absolute Gasteiger partial charge is 0.317 e. The monoisotopic (exact) mass is 310 g/mol. The molecular formula is C14H22N4O4. The first-order valence-corrected chi connectivity index (χ1v) is 7.36. The second-order valence-electron chi connectivity index (χ2n) is 5.68. The summed E-state index contributed by atoms with van der Waals surface area (Å²) in [5.41, 5.74) is 1.24. The van der Waals surface area contributed by atoms with Gasteiger partial charge in [-0.15, -0.1) is 0 Å². The number of amides is 1. The summed E-state index contributed by atoms with van der Waals surface area (Å²) in [6.07, 6.45) is 1.02. The summed E-state index contributed by atoms with van der Waals surface area (Å²) in [6, 6.07) is 1.35. The number of carbonyl (C=O) groups excluding carboxylic acids is 1. The molecular weight excluding hydrogens is 288 g/mol. The van der Waals surface area contributed by atoms with Crippen molar-refractivity contribution in [2.24, 2.45) is 0 Å². The highest BCUT2D eigenvalue weighted by Crippen LogP contribution is 2.18. The Labute approximate surface area is 128 Å². The summed E-state index contributed by atoms with van der Waals surface area (Å²) in [6.45, 7) is 2.35. The molecule has 1 aromatic heterocycles. The number of β-amino-alcohol motifs (C(OH)–C–C–N with tert-alkyl or cyclic N) is 1. The first-order chi connectivity index (χ1) is 10.4. The van der Waals surface area contributed by atoms with Gasteiger partial charge in [0.05, 0.1) is 18.7 Å². The van der Waals surface area contributed by atoms with Crippen LogP contribution in [0.4, 0.5) is 0 Å². The van der Waals surface area contributed by atoms with Crippen molar-refractivity contribution < 1.29 is 19.8 Å². The zero-order valence-electron chi connectivity index (χ0n) is 12.8. The van der Waals surface area contributed by atoms with E-state index in [9.17, 15) is 14.7 Å². The first kappa shape index (κ1) is 16.4. The largest absolute Gasteiger partial charge is 0.480 e. The number of aliphatic carboxylic acids is 1. The maximum Gasteiger partial charge on any atom is 0.317 e. The van der Waals surface area contributed by atoms with Gasteiger partial charge in [-0.05, 0) is 19.5 Å². The molecule has 0 aromatic carbocycles. The SMILES string of the molecule is CCCc1cc(C(=O)N2C[C@@H](O)[C@@H](N(C)CC(=O)O)C2)n[nH]1. The molecule has 8 nitrogen and oxygen atoms in total. The fraction of sp³-hybridized carbons (Fsp3) is 0.643. The molecule has 0 saturated carbocycles. The molecule has 1 amide bonds. The molecule has 0 bridgehead atoms. The molecule has 2 rings (SSSR count). The number of likely N-dealkylation sites (tertiary alicyclic amines) is 1. The fourth-order valence-electron chi connectivity index (χ4n) is 2.73. The third kappa shape index (κ3) is 3.63. The molecule has 1 fully saturated rings. The van der Waals surface area contributed by atoms with Gasteiger partial charge in [0, 0.05) is 18.8 Å². The van der Waals surface area contributed by atoms with Crippen LogP contribution in [0.5, 0.6) is 0 Å². The quantitative estimate of drug-likeness (QED) is 0.657. The van der Waals surface area contributed by atoms with E-state index in [0.717, 1.165) is 18.5 Å². The van der Waals surface area contributed by atoms with Crippen LogP contribution >= 0.6 is 0 Å². The number of carboxylic acid groups (broad SMARTS) is 1. The highest BCUT2D eigenvalue weighted by atomic mass is 16.4. The van der Waals surface area contributed by atoms with Crippen molar-refractivity contribution in [3.63, 3.8) is 0 Å². The third-order valence-electron chi connectivity index (χ3n) is 3.87. The predicted molar refractivity (Wildman–Crippen MR) is 78.5 cm³/mol. The molecule has 1 aromatic rings. The molecule has 0 aliphatic carbocycles. The Morgan fingerprint density at radius 1 is 1.50 bits per heavy atom. The zero-order valence-corrected chi connectivity index (χ0v) is 12.8. The summed E-state index contributed by atoms with van der Waals surface area (Å²) in [5, 5.41) is 25.7. The lowest BCUT2D eigenvalue weighted by atomic mass is 10.2. The van der Waals surface area contributed by atoms with E-state index >= 15 is 0 Å². The van der Waals surface area contributed by atoms with Gasteiger partial charge in [-0.1, -0.05) is 13.3 Å². The van der Waals surface area contributed by atoms with Crippen molar-refractivity contribution in [3.05, 3.63) is 17.5 Å². The number of aliphatic hydroxyl groups is 1. The Balaban J connectivity index is 2.01. The van der Waals surface area contributed by atoms with Gasteiger partial charge >= 0.3 is 5.97 Å². The molecule has 0 spiro atoms. The molecule has 2 heterocycles. The number of aromatic nitrogens is 2.